The smallest absolute Gasteiger partial charge is 0.161 e. The van der Waals surface area contributed by atoms with E-state index in [4.69, 9.17) is 18.0 Å². The molecule has 1 aromatic rings. The summed E-state index contributed by atoms with van der Waals surface area (Å²) in [5.74, 6) is 1.05. The Bertz CT molecular complexity index is 492. The zero-order valence-corrected chi connectivity index (χ0v) is 12.2. The zero-order valence-electron chi connectivity index (χ0n) is 11.4. The summed E-state index contributed by atoms with van der Waals surface area (Å²) >= 11 is 5.16. The molecule has 0 spiro atoms. The Morgan fingerprint density at radius 1 is 1.47 bits per heavy atom. The van der Waals surface area contributed by atoms with Gasteiger partial charge < -0.3 is 15.7 Å². The van der Waals surface area contributed by atoms with Gasteiger partial charge in [0.1, 0.15) is 4.99 Å². The number of nitrogens with zero attached hydrogens (tertiary/aromatic N) is 3. The Balaban J connectivity index is 2.39. The molecule has 2 rings (SSSR count). The Labute approximate surface area is 118 Å². The lowest BCUT2D eigenvalue weighted by atomic mass is 9.98. The zero-order chi connectivity index (χ0) is 14.0. The van der Waals surface area contributed by atoms with Crippen LogP contribution in [0.25, 0.3) is 0 Å². The molecule has 1 fully saturated rings. The summed E-state index contributed by atoms with van der Waals surface area (Å²) in [4.78, 5) is 2.50. The number of piperidine rings is 1. The summed E-state index contributed by atoms with van der Waals surface area (Å²) in [6.07, 6.45) is 2.09. The summed E-state index contributed by atoms with van der Waals surface area (Å²) in [7, 11) is 0. The second-order valence-electron chi connectivity index (χ2n) is 5.11. The number of thiocarbonyl (C=S) groups is 1. The Morgan fingerprint density at radius 2 is 2.21 bits per heavy atom. The van der Waals surface area contributed by atoms with Gasteiger partial charge in [0, 0.05) is 19.7 Å². The minimum atomic E-state index is 0.206. The highest BCUT2D eigenvalue weighted by Gasteiger charge is 2.24. The van der Waals surface area contributed by atoms with Crippen LogP contribution in [0.15, 0.2) is 0 Å². The number of hydrogen-bond donors (Lipinski definition) is 2. The maximum atomic E-state index is 9.32. The van der Waals surface area contributed by atoms with E-state index in [9.17, 15) is 5.11 Å². The lowest BCUT2D eigenvalue weighted by molar-refractivity contribution is 0.208. The molecule has 0 aromatic carbocycles. The third-order valence-electron chi connectivity index (χ3n) is 3.76. The van der Waals surface area contributed by atoms with Gasteiger partial charge in [-0.2, -0.15) is 5.10 Å². The number of nitrogens with two attached hydrogens (primary N) is 1. The summed E-state index contributed by atoms with van der Waals surface area (Å²) < 4.78 is 0. The van der Waals surface area contributed by atoms with Crippen molar-refractivity contribution in [3.05, 3.63) is 16.8 Å². The van der Waals surface area contributed by atoms with Gasteiger partial charge in [0.05, 0.1) is 11.3 Å². The first kappa shape index (κ1) is 14.1. The minimum absolute atomic E-state index is 0.206. The monoisotopic (exact) mass is 280 g/mol. The molecule has 0 radical (unpaired) electrons. The van der Waals surface area contributed by atoms with Crippen LogP contribution >= 0.6 is 12.2 Å². The Hall–Kier alpha value is -1.27. The van der Waals surface area contributed by atoms with Gasteiger partial charge in [-0.3, -0.25) is 0 Å². The largest absolute Gasteiger partial charge is 0.396 e. The summed E-state index contributed by atoms with van der Waals surface area (Å²) in [6, 6.07) is 0. The number of aromatic nitrogens is 2. The highest BCUT2D eigenvalue weighted by molar-refractivity contribution is 7.80. The molecule has 1 saturated heterocycles. The molecule has 0 amide bonds. The summed E-state index contributed by atoms with van der Waals surface area (Å²) in [5.41, 5.74) is 8.50. The first-order valence-corrected chi connectivity index (χ1v) is 6.95. The molecule has 1 atom stereocenters. The van der Waals surface area contributed by atoms with E-state index < -0.39 is 0 Å². The number of hydrogen-bond acceptors (Lipinski definition) is 5. The van der Waals surface area contributed by atoms with Crippen molar-refractivity contribution in [3.63, 3.8) is 0 Å². The Morgan fingerprint density at radius 3 is 2.84 bits per heavy atom. The van der Waals surface area contributed by atoms with Gasteiger partial charge >= 0.3 is 0 Å². The van der Waals surface area contributed by atoms with Crippen molar-refractivity contribution in [1.29, 1.82) is 0 Å². The first-order chi connectivity index (χ1) is 9.04. The average Bonchev–Trinajstić information content (AvgIpc) is 2.41. The normalized spacial score (nSPS) is 19.5. The predicted octanol–water partition coefficient (Wildman–Crippen LogP) is 0.936. The molecule has 5 nitrogen and oxygen atoms in total. The van der Waals surface area contributed by atoms with Crippen LogP contribution in [0.4, 0.5) is 5.82 Å². The molecule has 6 heteroatoms. The topological polar surface area (TPSA) is 75.3 Å². The van der Waals surface area contributed by atoms with Crippen molar-refractivity contribution in [3.8, 4) is 0 Å². The van der Waals surface area contributed by atoms with E-state index in [0.29, 0.717) is 4.99 Å². The van der Waals surface area contributed by atoms with Crippen molar-refractivity contribution < 1.29 is 5.11 Å². The quantitative estimate of drug-likeness (QED) is 0.803. The third kappa shape index (κ3) is 2.84. The molecular weight excluding hydrogens is 260 g/mol. The molecule has 2 heterocycles. The van der Waals surface area contributed by atoms with Crippen LogP contribution in [0.3, 0.4) is 0 Å². The summed E-state index contributed by atoms with van der Waals surface area (Å²) in [6.45, 7) is 5.76. The molecule has 0 aliphatic carbocycles. The van der Waals surface area contributed by atoms with Crippen LogP contribution in [0.2, 0.25) is 0 Å². The van der Waals surface area contributed by atoms with Crippen LogP contribution in [-0.4, -0.2) is 40.0 Å². The van der Waals surface area contributed by atoms with Crippen molar-refractivity contribution >= 4 is 23.0 Å². The SMILES string of the molecule is Cc1nnc(N2CCCC(CO)C2)c(C(N)=S)c1C. The first-order valence-electron chi connectivity index (χ1n) is 6.54. The van der Waals surface area contributed by atoms with E-state index in [0.717, 1.165) is 48.6 Å². The molecule has 104 valence electrons. The summed E-state index contributed by atoms with van der Waals surface area (Å²) in [5, 5.41) is 17.8. The second kappa shape index (κ2) is 5.79. The number of aliphatic hydroxyl groups is 1. The predicted molar refractivity (Wildman–Crippen MR) is 79.4 cm³/mol. The van der Waals surface area contributed by atoms with Crippen molar-refractivity contribution in [1.82, 2.24) is 10.2 Å². The minimum Gasteiger partial charge on any atom is -0.396 e. The molecular formula is C13H20N4OS. The molecule has 1 aromatic heterocycles. The van der Waals surface area contributed by atoms with E-state index >= 15 is 0 Å². The third-order valence-corrected chi connectivity index (χ3v) is 3.96. The van der Waals surface area contributed by atoms with E-state index in [-0.39, 0.29) is 12.5 Å². The lowest BCUT2D eigenvalue weighted by Gasteiger charge is -2.33. The number of aryl methyl sites for hydroxylation is 1. The number of rotatable bonds is 3. The van der Waals surface area contributed by atoms with E-state index in [1.807, 2.05) is 13.8 Å². The fourth-order valence-electron chi connectivity index (χ4n) is 2.52. The van der Waals surface area contributed by atoms with E-state index in [1.165, 1.54) is 0 Å². The molecule has 3 N–H and O–H groups in total. The lowest BCUT2D eigenvalue weighted by Crippen LogP contribution is -2.39. The molecule has 1 aliphatic rings. The standard InChI is InChI=1S/C13H20N4OS/c1-8-9(2)15-16-13(11(8)12(14)19)17-5-3-4-10(6-17)7-18/h10,18H,3-7H2,1-2H3,(H2,14,19). The van der Waals surface area contributed by atoms with Gasteiger partial charge in [0.2, 0.25) is 0 Å². The highest BCUT2D eigenvalue weighted by Crippen LogP contribution is 2.26. The van der Waals surface area contributed by atoms with E-state index in [2.05, 4.69) is 15.1 Å². The van der Waals surface area contributed by atoms with Gasteiger partial charge in [0.25, 0.3) is 0 Å². The van der Waals surface area contributed by atoms with Crippen molar-refractivity contribution in [2.24, 2.45) is 11.7 Å². The fourth-order valence-corrected chi connectivity index (χ4v) is 2.76. The van der Waals surface area contributed by atoms with E-state index in [1.54, 1.807) is 0 Å². The van der Waals surface area contributed by atoms with Crippen molar-refractivity contribution in [2.75, 3.05) is 24.6 Å². The fraction of sp³-hybridized carbons (Fsp3) is 0.615. The average molecular weight is 280 g/mol. The molecule has 0 saturated carbocycles. The maximum absolute atomic E-state index is 9.32. The molecule has 1 aliphatic heterocycles. The van der Waals surface area contributed by atoms with Gasteiger partial charge in [-0.15, -0.1) is 5.10 Å². The Kier molecular flexibility index (Phi) is 4.31. The van der Waals surface area contributed by atoms with Crippen LogP contribution < -0.4 is 10.6 Å². The van der Waals surface area contributed by atoms with Gasteiger partial charge in [-0.1, -0.05) is 12.2 Å². The highest BCUT2D eigenvalue weighted by atomic mass is 32.1. The second-order valence-corrected chi connectivity index (χ2v) is 5.55. The van der Waals surface area contributed by atoms with Gasteiger partial charge in [-0.05, 0) is 38.2 Å². The number of anilines is 1. The van der Waals surface area contributed by atoms with Crippen LogP contribution in [0, 0.1) is 19.8 Å². The molecule has 1 unspecified atom stereocenters. The maximum Gasteiger partial charge on any atom is 0.161 e. The van der Waals surface area contributed by atoms with Crippen LogP contribution in [0.1, 0.15) is 29.7 Å². The van der Waals surface area contributed by atoms with Gasteiger partial charge in [0.15, 0.2) is 5.82 Å². The van der Waals surface area contributed by atoms with Crippen LogP contribution in [0.5, 0.6) is 0 Å². The molecule has 0 bridgehead atoms. The molecule has 19 heavy (non-hydrogen) atoms. The number of aliphatic hydroxyl groups excluding tert-OH is 1. The van der Waals surface area contributed by atoms with Crippen molar-refractivity contribution in [2.45, 2.75) is 26.7 Å². The van der Waals surface area contributed by atoms with Gasteiger partial charge in [-0.25, -0.2) is 0 Å². The van der Waals surface area contributed by atoms with Crippen LogP contribution in [-0.2, 0) is 0 Å².